The molecule has 0 saturated heterocycles. The molecule has 1 aromatic heterocycles. The number of hydrogen-bond donors (Lipinski definition) is 5. The van der Waals surface area contributed by atoms with E-state index in [0.29, 0.717) is 26.0 Å². The molecule has 0 unspecified atom stereocenters. The Labute approximate surface area is 176 Å². The zero-order valence-electron chi connectivity index (χ0n) is 17.1. The molecule has 164 valence electrons. The minimum absolute atomic E-state index is 0.0170. The van der Waals surface area contributed by atoms with Gasteiger partial charge in [-0.25, -0.2) is 0 Å². The topological polar surface area (TPSA) is 124 Å². The van der Waals surface area contributed by atoms with E-state index < -0.39 is 12.0 Å². The van der Waals surface area contributed by atoms with Gasteiger partial charge in [0.15, 0.2) is 0 Å². The van der Waals surface area contributed by atoms with Crippen molar-refractivity contribution in [3.8, 4) is 0 Å². The first kappa shape index (κ1) is 23.6. The van der Waals surface area contributed by atoms with Crippen LogP contribution >= 0.6 is 0 Å². The number of allylic oxidation sites excluding steroid dienone is 1. The summed E-state index contributed by atoms with van der Waals surface area (Å²) >= 11 is 0. The van der Waals surface area contributed by atoms with E-state index in [1.807, 2.05) is 30.5 Å². The molecule has 0 saturated carbocycles. The van der Waals surface area contributed by atoms with Gasteiger partial charge in [0.05, 0.1) is 38.4 Å². The molecular formula is C22H31N3O5. The van der Waals surface area contributed by atoms with Crippen LogP contribution in [-0.4, -0.2) is 66.0 Å². The predicted molar refractivity (Wildman–Crippen MR) is 115 cm³/mol. The zero-order valence-corrected chi connectivity index (χ0v) is 17.1. The Morgan fingerprint density at radius 1 is 1.23 bits per heavy atom. The first-order chi connectivity index (χ1) is 14.6. The SMILES string of the molecule is C=CC[C@@H](CC(=O)NCCOCCO)C(=O)N[C@H](CO)Cc1c[nH]c2ccccc12. The van der Waals surface area contributed by atoms with Crippen LogP contribution in [0.25, 0.3) is 10.9 Å². The number of aromatic nitrogens is 1. The summed E-state index contributed by atoms with van der Waals surface area (Å²) < 4.78 is 5.09. The van der Waals surface area contributed by atoms with Crippen LogP contribution < -0.4 is 10.6 Å². The summed E-state index contributed by atoms with van der Waals surface area (Å²) in [4.78, 5) is 28.1. The number of carbonyl (C=O) groups is 2. The van der Waals surface area contributed by atoms with Gasteiger partial charge < -0.3 is 30.6 Å². The molecule has 2 atom stereocenters. The first-order valence-corrected chi connectivity index (χ1v) is 10.1. The van der Waals surface area contributed by atoms with Crippen molar-refractivity contribution in [3.63, 3.8) is 0 Å². The van der Waals surface area contributed by atoms with Crippen molar-refractivity contribution in [1.29, 1.82) is 0 Å². The number of carbonyl (C=O) groups excluding carboxylic acids is 2. The van der Waals surface area contributed by atoms with Crippen LogP contribution in [0.2, 0.25) is 0 Å². The van der Waals surface area contributed by atoms with Gasteiger partial charge in [0.2, 0.25) is 11.8 Å². The lowest BCUT2D eigenvalue weighted by atomic mass is 9.98. The number of H-pyrrole nitrogens is 1. The maximum atomic E-state index is 12.7. The Hall–Kier alpha value is -2.68. The van der Waals surface area contributed by atoms with Gasteiger partial charge in [-0.15, -0.1) is 6.58 Å². The maximum absolute atomic E-state index is 12.7. The maximum Gasteiger partial charge on any atom is 0.224 e. The molecule has 0 spiro atoms. The lowest BCUT2D eigenvalue weighted by molar-refractivity contribution is -0.131. The Morgan fingerprint density at radius 3 is 2.77 bits per heavy atom. The summed E-state index contributed by atoms with van der Waals surface area (Å²) in [5.74, 6) is -1.12. The number of ether oxygens (including phenoxy) is 1. The number of amides is 2. The molecule has 0 aliphatic carbocycles. The van der Waals surface area contributed by atoms with Gasteiger partial charge >= 0.3 is 0 Å². The molecule has 1 heterocycles. The molecule has 2 aromatic rings. The Balaban J connectivity index is 1.90. The van der Waals surface area contributed by atoms with Crippen molar-refractivity contribution < 1.29 is 24.5 Å². The summed E-state index contributed by atoms with van der Waals surface area (Å²) in [5, 5.41) is 25.0. The minimum Gasteiger partial charge on any atom is -0.394 e. The van der Waals surface area contributed by atoms with E-state index >= 15 is 0 Å². The molecule has 5 N–H and O–H groups in total. The molecule has 2 amide bonds. The van der Waals surface area contributed by atoms with Crippen LogP contribution in [-0.2, 0) is 20.7 Å². The van der Waals surface area contributed by atoms with Gasteiger partial charge in [-0.05, 0) is 24.5 Å². The third-order valence-electron chi connectivity index (χ3n) is 4.77. The summed E-state index contributed by atoms with van der Waals surface area (Å²) in [6, 6.07) is 7.39. The van der Waals surface area contributed by atoms with Gasteiger partial charge in [-0.2, -0.15) is 0 Å². The lowest BCUT2D eigenvalue weighted by Gasteiger charge is -2.20. The Bertz CT molecular complexity index is 820. The fourth-order valence-electron chi connectivity index (χ4n) is 3.26. The molecule has 2 rings (SSSR count). The average molecular weight is 418 g/mol. The molecule has 0 aliphatic rings. The van der Waals surface area contributed by atoms with Crippen LogP contribution in [0.15, 0.2) is 43.1 Å². The van der Waals surface area contributed by atoms with Crippen molar-refractivity contribution in [2.24, 2.45) is 5.92 Å². The second-order valence-electron chi connectivity index (χ2n) is 7.06. The van der Waals surface area contributed by atoms with Crippen molar-refractivity contribution in [2.75, 3.05) is 33.0 Å². The second kappa shape index (κ2) is 12.8. The van der Waals surface area contributed by atoms with Gasteiger partial charge in [0.25, 0.3) is 0 Å². The van der Waals surface area contributed by atoms with Gasteiger partial charge in [-0.1, -0.05) is 24.3 Å². The smallest absolute Gasteiger partial charge is 0.224 e. The molecular weight excluding hydrogens is 386 g/mol. The molecule has 8 nitrogen and oxygen atoms in total. The first-order valence-electron chi connectivity index (χ1n) is 10.1. The van der Waals surface area contributed by atoms with Crippen molar-refractivity contribution in [2.45, 2.75) is 25.3 Å². The molecule has 1 aromatic carbocycles. The monoisotopic (exact) mass is 417 g/mol. The molecule has 0 radical (unpaired) electrons. The van der Waals surface area contributed by atoms with Crippen molar-refractivity contribution in [1.82, 2.24) is 15.6 Å². The Kier molecular flexibility index (Phi) is 10.1. The number of aliphatic hydroxyl groups excluding tert-OH is 2. The standard InChI is InChI=1S/C22H31N3O5/c1-2-5-16(13-21(28)23-8-10-30-11-9-26)22(29)25-18(15-27)12-17-14-24-20-7-4-3-6-19(17)20/h2-4,6-7,14,16,18,24,26-27H,1,5,8-13,15H2,(H,23,28)(H,25,29)/t16-,18-/m0/s1. The van der Waals surface area contributed by atoms with E-state index in [0.717, 1.165) is 16.5 Å². The summed E-state index contributed by atoms with van der Waals surface area (Å²) in [7, 11) is 0. The third-order valence-corrected chi connectivity index (χ3v) is 4.77. The summed E-state index contributed by atoms with van der Waals surface area (Å²) in [6.45, 7) is 4.21. The van der Waals surface area contributed by atoms with Crippen LogP contribution in [0.3, 0.4) is 0 Å². The summed E-state index contributed by atoms with van der Waals surface area (Å²) in [5.41, 5.74) is 2.01. The molecule has 30 heavy (non-hydrogen) atoms. The highest BCUT2D eigenvalue weighted by atomic mass is 16.5. The quantitative estimate of drug-likeness (QED) is 0.231. The van der Waals surface area contributed by atoms with Crippen LogP contribution in [0, 0.1) is 5.92 Å². The highest BCUT2D eigenvalue weighted by Gasteiger charge is 2.23. The van der Waals surface area contributed by atoms with E-state index in [-0.39, 0.29) is 38.1 Å². The normalized spacial score (nSPS) is 13.0. The van der Waals surface area contributed by atoms with E-state index in [9.17, 15) is 14.7 Å². The Morgan fingerprint density at radius 2 is 2.03 bits per heavy atom. The second-order valence-corrected chi connectivity index (χ2v) is 7.06. The largest absolute Gasteiger partial charge is 0.394 e. The molecule has 8 heteroatoms. The van der Waals surface area contributed by atoms with Gasteiger partial charge in [-0.3, -0.25) is 9.59 Å². The number of rotatable bonds is 14. The predicted octanol–water partition coefficient (Wildman–Crippen LogP) is 0.895. The molecule has 0 bridgehead atoms. The van der Waals surface area contributed by atoms with Crippen LogP contribution in [0.1, 0.15) is 18.4 Å². The van der Waals surface area contributed by atoms with Crippen molar-refractivity contribution >= 4 is 22.7 Å². The fourth-order valence-corrected chi connectivity index (χ4v) is 3.26. The number of nitrogens with one attached hydrogen (secondary N) is 3. The van der Waals surface area contributed by atoms with Crippen LogP contribution in [0.4, 0.5) is 0 Å². The number of para-hydroxylation sites is 1. The minimum atomic E-state index is -0.571. The van der Waals surface area contributed by atoms with Crippen LogP contribution in [0.5, 0.6) is 0 Å². The highest BCUT2D eigenvalue weighted by Crippen LogP contribution is 2.19. The van der Waals surface area contributed by atoms with Gasteiger partial charge in [0, 0.05) is 30.1 Å². The number of benzene rings is 1. The number of aromatic amines is 1. The zero-order chi connectivity index (χ0) is 21.8. The highest BCUT2D eigenvalue weighted by molar-refractivity contribution is 5.86. The number of hydrogen-bond acceptors (Lipinski definition) is 5. The van der Waals surface area contributed by atoms with E-state index in [1.165, 1.54) is 0 Å². The number of aliphatic hydroxyl groups is 2. The average Bonchev–Trinajstić information content (AvgIpc) is 3.15. The van der Waals surface area contributed by atoms with Crippen molar-refractivity contribution in [3.05, 3.63) is 48.7 Å². The summed E-state index contributed by atoms with van der Waals surface area (Å²) in [6.07, 6.45) is 4.33. The van der Waals surface area contributed by atoms with E-state index in [4.69, 9.17) is 9.84 Å². The lowest BCUT2D eigenvalue weighted by Crippen LogP contribution is -2.43. The third kappa shape index (κ3) is 7.29. The molecule has 0 fully saturated rings. The molecule has 0 aliphatic heterocycles. The van der Waals surface area contributed by atoms with Gasteiger partial charge in [0.1, 0.15) is 0 Å². The van der Waals surface area contributed by atoms with E-state index in [2.05, 4.69) is 22.2 Å². The fraction of sp³-hybridized carbons (Fsp3) is 0.455. The number of fused-ring (bicyclic) bond motifs is 1. The van der Waals surface area contributed by atoms with E-state index in [1.54, 1.807) is 6.08 Å².